The van der Waals surface area contributed by atoms with Crippen LogP contribution in [-0.4, -0.2) is 51.1 Å². The molecular formula is C15H35IN4O2S. The van der Waals surface area contributed by atoms with Gasteiger partial charge >= 0.3 is 0 Å². The maximum Gasteiger partial charge on any atom is 0.211 e. The van der Waals surface area contributed by atoms with Crippen molar-refractivity contribution in [1.29, 1.82) is 0 Å². The first-order chi connectivity index (χ1) is 10.4. The SMILES string of the molecule is CCCCCCCCNC(N)=NCCCN(CC)S(C)(=O)=O.I. The van der Waals surface area contributed by atoms with Gasteiger partial charge in [0, 0.05) is 26.2 Å². The Labute approximate surface area is 159 Å². The molecule has 0 aromatic rings. The molecule has 8 heteroatoms. The highest BCUT2D eigenvalue weighted by molar-refractivity contribution is 14.0. The molecule has 3 N–H and O–H groups in total. The average molecular weight is 462 g/mol. The molecule has 0 aliphatic rings. The molecule has 0 heterocycles. The summed E-state index contributed by atoms with van der Waals surface area (Å²) in [6.07, 6.45) is 9.43. The summed E-state index contributed by atoms with van der Waals surface area (Å²) in [5.41, 5.74) is 5.78. The van der Waals surface area contributed by atoms with Crippen molar-refractivity contribution in [3.05, 3.63) is 0 Å². The molecule has 0 aliphatic heterocycles. The van der Waals surface area contributed by atoms with E-state index in [1.807, 2.05) is 6.92 Å². The molecule has 0 saturated heterocycles. The zero-order chi connectivity index (χ0) is 16.8. The standard InChI is InChI=1S/C15H34N4O2S.HI/c1-4-6-7-8-9-10-12-17-15(16)18-13-11-14-19(5-2)22(3,20)21;/h4-14H2,1-3H3,(H3,16,17,18);1H. The topological polar surface area (TPSA) is 87.8 Å². The number of hydrogen-bond acceptors (Lipinski definition) is 3. The number of sulfonamides is 1. The number of nitrogens with two attached hydrogens (primary N) is 1. The minimum atomic E-state index is -3.11. The van der Waals surface area contributed by atoms with E-state index in [0.717, 1.165) is 13.0 Å². The minimum absolute atomic E-state index is 0. The van der Waals surface area contributed by atoms with Crippen molar-refractivity contribution < 1.29 is 8.42 Å². The third-order valence-corrected chi connectivity index (χ3v) is 4.88. The second-order valence-electron chi connectivity index (χ2n) is 5.57. The van der Waals surface area contributed by atoms with Gasteiger partial charge in [0.25, 0.3) is 0 Å². The molecule has 0 bridgehead atoms. The van der Waals surface area contributed by atoms with E-state index in [4.69, 9.17) is 5.73 Å². The molecule has 0 saturated carbocycles. The lowest BCUT2D eigenvalue weighted by atomic mass is 10.1. The van der Waals surface area contributed by atoms with E-state index < -0.39 is 10.0 Å². The number of unbranched alkanes of at least 4 members (excludes halogenated alkanes) is 5. The predicted molar refractivity (Wildman–Crippen MR) is 110 cm³/mol. The lowest BCUT2D eigenvalue weighted by Crippen LogP contribution is -2.33. The second kappa shape index (κ2) is 15.4. The van der Waals surface area contributed by atoms with Gasteiger partial charge in [-0.3, -0.25) is 4.99 Å². The quantitative estimate of drug-likeness (QED) is 0.191. The number of rotatable bonds is 13. The fraction of sp³-hybridized carbons (Fsp3) is 0.933. The number of aliphatic imine (C=N–C) groups is 1. The van der Waals surface area contributed by atoms with Gasteiger partial charge in [-0.1, -0.05) is 46.0 Å². The van der Waals surface area contributed by atoms with Gasteiger partial charge in [-0.25, -0.2) is 12.7 Å². The highest BCUT2D eigenvalue weighted by Crippen LogP contribution is 2.04. The Hall–Kier alpha value is -0.0900. The number of halogens is 1. The van der Waals surface area contributed by atoms with Crippen LogP contribution >= 0.6 is 24.0 Å². The fourth-order valence-corrected chi connectivity index (χ4v) is 3.11. The zero-order valence-electron chi connectivity index (χ0n) is 14.9. The molecule has 0 unspecified atom stereocenters. The Bertz CT molecular complexity index is 402. The first-order valence-corrected chi connectivity index (χ1v) is 10.3. The number of nitrogens with zero attached hydrogens (tertiary/aromatic N) is 2. The monoisotopic (exact) mass is 462 g/mol. The Balaban J connectivity index is 0. The third kappa shape index (κ3) is 15.2. The number of guanidine groups is 1. The van der Waals surface area contributed by atoms with Crippen LogP contribution in [0.25, 0.3) is 0 Å². The molecule has 0 radical (unpaired) electrons. The van der Waals surface area contributed by atoms with Crippen LogP contribution in [0.1, 0.15) is 58.8 Å². The fourth-order valence-electron chi connectivity index (χ4n) is 2.18. The molecule has 0 rings (SSSR count). The first kappa shape index (κ1) is 25.2. The van der Waals surface area contributed by atoms with Crippen LogP contribution in [0.4, 0.5) is 0 Å². The lowest BCUT2D eigenvalue weighted by molar-refractivity contribution is 0.427. The zero-order valence-corrected chi connectivity index (χ0v) is 18.0. The van der Waals surface area contributed by atoms with Crippen LogP contribution in [0.15, 0.2) is 4.99 Å². The van der Waals surface area contributed by atoms with Crippen molar-refractivity contribution in [1.82, 2.24) is 9.62 Å². The summed E-state index contributed by atoms with van der Waals surface area (Å²) in [5.74, 6) is 0.455. The van der Waals surface area contributed by atoms with Gasteiger partial charge in [0.1, 0.15) is 0 Å². The van der Waals surface area contributed by atoms with Gasteiger partial charge in [-0.05, 0) is 12.8 Å². The maximum absolute atomic E-state index is 11.4. The van der Waals surface area contributed by atoms with E-state index in [9.17, 15) is 8.42 Å². The van der Waals surface area contributed by atoms with Crippen molar-refractivity contribution in [2.75, 3.05) is 32.4 Å². The molecule has 0 aliphatic carbocycles. The smallest absolute Gasteiger partial charge is 0.211 e. The van der Waals surface area contributed by atoms with Gasteiger partial charge in [0.15, 0.2) is 5.96 Å². The van der Waals surface area contributed by atoms with Crippen LogP contribution in [0.2, 0.25) is 0 Å². The largest absolute Gasteiger partial charge is 0.370 e. The minimum Gasteiger partial charge on any atom is -0.370 e. The summed E-state index contributed by atoms with van der Waals surface area (Å²) in [5, 5.41) is 3.10. The molecule has 0 atom stereocenters. The van der Waals surface area contributed by atoms with E-state index >= 15 is 0 Å². The third-order valence-electron chi connectivity index (χ3n) is 3.51. The van der Waals surface area contributed by atoms with E-state index in [0.29, 0.717) is 32.0 Å². The molecule has 0 aromatic heterocycles. The molecule has 0 fully saturated rings. The number of nitrogens with one attached hydrogen (secondary N) is 1. The Morgan fingerprint density at radius 2 is 1.70 bits per heavy atom. The van der Waals surface area contributed by atoms with Crippen LogP contribution in [-0.2, 0) is 10.0 Å². The van der Waals surface area contributed by atoms with E-state index in [1.54, 1.807) is 0 Å². The molecule has 0 aromatic carbocycles. The normalized spacial score (nSPS) is 12.3. The molecule has 0 amide bonds. The summed E-state index contributed by atoms with van der Waals surface area (Å²) >= 11 is 0. The van der Waals surface area contributed by atoms with E-state index in [-0.39, 0.29) is 24.0 Å². The van der Waals surface area contributed by atoms with Crippen LogP contribution in [0, 0.1) is 0 Å². The van der Waals surface area contributed by atoms with Crippen molar-refractivity contribution in [3.63, 3.8) is 0 Å². The van der Waals surface area contributed by atoms with Crippen LogP contribution in [0.5, 0.6) is 0 Å². The van der Waals surface area contributed by atoms with Gasteiger partial charge in [0.2, 0.25) is 10.0 Å². The maximum atomic E-state index is 11.4. The average Bonchev–Trinajstić information content (AvgIpc) is 2.45. The summed E-state index contributed by atoms with van der Waals surface area (Å²) < 4.78 is 24.3. The molecule has 6 nitrogen and oxygen atoms in total. The summed E-state index contributed by atoms with van der Waals surface area (Å²) in [7, 11) is -3.11. The van der Waals surface area contributed by atoms with Gasteiger partial charge in [0.05, 0.1) is 6.26 Å². The van der Waals surface area contributed by atoms with Gasteiger partial charge in [-0.2, -0.15) is 0 Å². The Kier molecular flexibility index (Phi) is 16.9. The second-order valence-corrected chi connectivity index (χ2v) is 7.55. The Morgan fingerprint density at radius 3 is 2.26 bits per heavy atom. The molecule has 140 valence electrons. The van der Waals surface area contributed by atoms with Crippen LogP contribution < -0.4 is 11.1 Å². The van der Waals surface area contributed by atoms with Crippen molar-refractivity contribution in [2.24, 2.45) is 10.7 Å². The van der Waals surface area contributed by atoms with Crippen molar-refractivity contribution in [3.8, 4) is 0 Å². The van der Waals surface area contributed by atoms with Crippen molar-refractivity contribution in [2.45, 2.75) is 58.8 Å². The molecular weight excluding hydrogens is 427 g/mol. The summed E-state index contributed by atoms with van der Waals surface area (Å²) in [6.45, 7) is 6.43. The highest BCUT2D eigenvalue weighted by Gasteiger charge is 2.12. The molecule has 23 heavy (non-hydrogen) atoms. The number of hydrogen-bond donors (Lipinski definition) is 2. The van der Waals surface area contributed by atoms with Crippen molar-refractivity contribution >= 4 is 40.0 Å². The van der Waals surface area contributed by atoms with E-state index in [2.05, 4.69) is 17.2 Å². The highest BCUT2D eigenvalue weighted by atomic mass is 127. The predicted octanol–water partition coefficient (Wildman–Crippen LogP) is 2.54. The van der Waals surface area contributed by atoms with Gasteiger partial charge in [-0.15, -0.1) is 24.0 Å². The Morgan fingerprint density at radius 1 is 1.09 bits per heavy atom. The van der Waals surface area contributed by atoms with Crippen LogP contribution in [0.3, 0.4) is 0 Å². The summed E-state index contributed by atoms with van der Waals surface area (Å²) in [6, 6.07) is 0. The summed E-state index contributed by atoms with van der Waals surface area (Å²) in [4.78, 5) is 4.22. The lowest BCUT2D eigenvalue weighted by Gasteiger charge is -2.16. The van der Waals surface area contributed by atoms with Gasteiger partial charge < -0.3 is 11.1 Å². The molecule has 0 spiro atoms. The van der Waals surface area contributed by atoms with E-state index in [1.165, 1.54) is 42.7 Å². The first-order valence-electron chi connectivity index (χ1n) is 8.40.